The van der Waals surface area contributed by atoms with Crippen LogP contribution in [0.15, 0.2) is 23.6 Å². The third kappa shape index (κ3) is 5.71. The average molecular weight is 462 g/mol. The van der Waals surface area contributed by atoms with Gasteiger partial charge in [-0.05, 0) is 36.5 Å². The molecule has 2 amide bonds. The van der Waals surface area contributed by atoms with Gasteiger partial charge in [-0.2, -0.15) is 0 Å². The number of thioether (sulfide) groups is 1. The molecule has 1 saturated heterocycles. The second-order valence-electron chi connectivity index (χ2n) is 8.18. The molecule has 1 aromatic heterocycles. The van der Waals surface area contributed by atoms with Crippen molar-refractivity contribution in [3.63, 3.8) is 0 Å². The van der Waals surface area contributed by atoms with Gasteiger partial charge in [-0.3, -0.25) is 9.59 Å². The summed E-state index contributed by atoms with van der Waals surface area (Å²) in [6, 6.07) is 5.70. The summed E-state index contributed by atoms with van der Waals surface area (Å²) >= 11 is 2.72. The monoisotopic (exact) mass is 461 g/mol. The van der Waals surface area contributed by atoms with Crippen LogP contribution in [0.3, 0.4) is 0 Å². The first-order valence-electron chi connectivity index (χ1n) is 10.5. The highest BCUT2D eigenvalue weighted by atomic mass is 32.2. The lowest BCUT2D eigenvalue weighted by Gasteiger charge is -2.35. The highest BCUT2D eigenvalue weighted by Crippen LogP contribution is 2.35. The molecule has 1 aromatic carbocycles. The van der Waals surface area contributed by atoms with Crippen LogP contribution in [0.5, 0.6) is 11.5 Å². The molecule has 0 bridgehead atoms. The number of nitrogens with one attached hydrogen (secondary N) is 1. The number of hydrogen-bond donors (Lipinski definition) is 1. The molecular weight excluding hydrogens is 434 g/mol. The maximum Gasteiger partial charge on any atom is 0.236 e. The standard InChI is InChI=1S/C22H27N3O4S2/c1-14-7-15(2)10-25(9-14)21(27)13-30-12-20(26)24-22-23-17(11-31-22)16-3-4-18-19(8-16)29-6-5-28-18/h3-4,8,11,14-15H,5-7,9-10,12-13H2,1-2H3,(H,23,24,26). The molecule has 2 unspecified atom stereocenters. The van der Waals surface area contributed by atoms with Gasteiger partial charge in [0, 0.05) is 24.0 Å². The number of ether oxygens (including phenoxy) is 2. The van der Waals surface area contributed by atoms with E-state index in [-0.39, 0.29) is 17.6 Å². The van der Waals surface area contributed by atoms with E-state index >= 15 is 0 Å². The Labute approximate surface area is 190 Å². The van der Waals surface area contributed by atoms with Crippen LogP contribution in [0.1, 0.15) is 20.3 Å². The van der Waals surface area contributed by atoms with Gasteiger partial charge >= 0.3 is 0 Å². The van der Waals surface area contributed by atoms with Crippen LogP contribution >= 0.6 is 23.1 Å². The number of hydrogen-bond acceptors (Lipinski definition) is 7. The molecule has 9 heteroatoms. The van der Waals surface area contributed by atoms with Crippen LogP contribution in [0.2, 0.25) is 0 Å². The number of fused-ring (bicyclic) bond motifs is 1. The summed E-state index contributed by atoms with van der Waals surface area (Å²) in [5.41, 5.74) is 1.68. The minimum Gasteiger partial charge on any atom is -0.486 e. The smallest absolute Gasteiger partial charge is 0.236 e. The van der Waals surface area contributed by atoms with Gasteiger partial charge in [-0.25, -0.2) is 4.98 Å². The molecular formula is C22H27N3O4S2. The zero-order valence-corrected chi connectivity index (χ0v) is 19.4. The van der Waals surface area contributed by atoms with Crippen molar-refractivity contribution in [3.05, 3.63) is 23.6 Å². The summed E-state index contributed by atoms with van der Waals surface area (Å²) < 4.78 is 11.2. The fourth-order valence-electron chi connectivity index (χ4n) is 4.01. The van der Waals surface area contributed by atoms with E-state index in [1.165, 1.54) is 29.5 Å². The van der Waals surface area contributed by atoms with E-state index in [9.17, 15) is 9.59 Å². The van der Waals surface area contributed by atoms with Crippen LogP contribution in [0.4, 0.5) is 5.13 Å². The summed E-state index contributed by atoms with van der Waals surface area (Å²) in [6.07, 6.45) is 1.17. The van der Waals surface area contributed by atoms with E-state index in [4.69, 9.17) is 9.47 Å². The van der Waals surface area contributed by atoms with Crippen molar-refractivity contribution in [1.29, 1.82) is 0 Å². The minimum atomic E-state index is -0.152. The third-order valence-corrected chi connectivity index (χ3v) is 6.94. The van der Waals surface area contributed by atoms with E-state index in [0.717, 1.165) is 30.1 Å². The van der Waals surface area contributed by atoms with Crippen molar-refractivity contribution < 1.29 is 19.1 Å². The van der Waals surface area contributed by atoms with Gasteiger partial charge in [-0.15, -0.1) is 23.1 Å². The summed E-state index contributed by atoms with van der Waals surface area (Å²) in [6.45, 7) is 7.09. The van der Waals surface area contributed by atoms with Gasteiger partial charge in [0.05, 0.1) is 17.2 Å². The maximum atomic E-state index is 12.4. The van der Waals surface area contributed by atoms with Gasteiger partial charge in [0.25, 0.3) is 0 Å². The number of amides is 2. The highest BCUT2D eigenvalue weighted by Gasteiger charge is 2.25. The molecule has 0 aliphatic carbocycles. The number of piperidine rings is 1. The number of benzene rings is 1. The first-order chi connectivity index (χ1) is 15.0. The lowest BCUT2D eigenvalue weighted by atomic mass is 9.92. The molecule has 3 heterocycles. The Kier molecular flexibility index (Phi) is 7.02. The second-order valence-corrected chi connectivity index (χ2v) is 10.0. The van der Waals surface area contributed by atoms with Crippen LogP contribution in [-0.4, -0.2) is 59.5 Å². The molecule has 0 spiro atoms. The Morgan fingerprint density at radius 1 is 1.16 bits per heavy atom. The molecule has 4 rings (SSSR count). The van der Waals surface area contributed by atoms with Gasteiger partial charge in [0.15, 0.2) is 16.6 Å². The number of aromatic nitrogens is 1. The van der Waals surface area contributed by atoms with E-state index in [1.54, 1.807) is 0 Å². The molecule has 2 atom stereocenters. The van der Waals surface area contributed by atoms with E-state index in [2.05, 4.69) is 24.1 Å². The van der Waals surface area contributed by atoms with Gasteiger partial charge < -0.3 is 19.7 Å². The quantitative estimate of drug-likeness (QED) is 0.706. The fraction of sp³-hybridized carbons (Fsp3) is 0.500. The Morgan fingerprint density at radius 3 is 2.68 bits per heavy atom. The molecule has 166 valence electrons. The van der Waals surface area contributed by atoms with E-state index < -0.39 is 0 Å². The topological polar surface area (TPSA) is 80.8 Å². The molecule has 31 heavy (non-hydrogen) atoms. The first kappa shape index (κ1) is 22.0. The molecule has 1 fully saturated rings. The summed E-state index contributed by atoms with van der Waals surface area (Å²) in [7, 11) is 0. The Morgan fingerprint density at radius 2 is 1.90 bits per heavy atom. The fourth-order valence-corrected chi connectivity index (χ4v) is 5.46. The largest absolute Gasteiger partial charge is 0.486 e. The highest BCUT2D eigenvalue weighted by molar-refractivity contribution is 8.00. The van der Waals surface area contributed by atoms with Crippen molar-refractivity contribution in [2.75, 3.05) is 43.1 Å². The molecule has 2 aliphatic rings. The van der Waals surface area contributed by atoms with Crippen molar-refractivity contribution in [2.45, 2.75) is 20.3 Å². The number of carbonyl (C=O) groups excluding carboxylic acids is 2. The summed E-state index contributed by atoms with van der Waals surface area (Å²) in [4.78, 5) is 31.2. The maximum absolute atomic E-state index is 12.4. The van der Waals surface area contributed by atoms with Crippen LogP contribution < -0.4 is 14.8 Å². The van der Waals surface area contributed by atoms with Gasteiger partial charge in [0.1, 0.15) is 13.2 Å². The first-order valence-corrected chi connectivity index (χ1v) is 12.5. The molecule has 2 aliphatic heterocycles. The van der Waals surface area contributed by atoms with Crippen molar-refractivity contribution in [1.82, 2.24) is 9.88 Å². The number of thiazole rings is 1. The molecule has 1 N–H and O–H groups in total. The lowest BCUT2D eigenvalue weighted by Crippen LogP contribution is -2.43. The Balaban J connectivity index is 1.25. The minimum absolute atomic E-state index is 0.117. The SMILES string of the molecule is CC1CC(C)CN(C(=O)CSCC(=O)Nc2nc(-c3ccc4c(c3)OCCO4)cs2)C1. The zero-order valence-electron chi connectivity index (χ0n) is 17.8. The number of nitrogens with zero attached hydrogens (tertiary/aromatic N) is 2. The molecule has 7 nitrogen and oxygen atoms in total. The van der Waals surface area contributed by atoms with E-state index in [0.29, 0.717) is 41.7 Å². The number of anilines is 1. The van der Waals surface area contributed by atoms with Crippen LogP contribution in [0, 0.1) is 11.8 Å². The Bertz CT molecular complexity index is 939. The second kappa shape index (κ2) is 9.91. The zero-order chi connectivity index (χ0) is 21.8. The Hall–Kier alpha value is -2.26. The number of likely N-dealkylation sites (tertiary alicyclic amines) is 1. The van der Waals surface area contributed by atoms with Crippen molar-refractivity contribution in [3.8, 4) is 22.8 Å². The van der Waals surface area contributed by atoms with Crippen LogP contribution in [-0.2, 0) is 9.59 Å². The molecule has 0 saturated carbocycles. The molecule has 0 radical (unpaired) electrons. The van der Waals surface area contributed by atoms with E-state index in [1.807, 2.05) is 28.5 Å². The number of carbonyl (C=O) groups is 2. The lowest BCUT2D eigenvalue weighted by molar-refractivity contribution is -0.130. The average Bonchev–Trinajstić information content (AvgIpc) is 3.21. The van der Waals surface area contributed by atoms with Crippen LogP contribution in [0.25, 0.3) is 11.3 Å². The number of rotatable bonds is 6. The van der Waals surface area contributed by atoms with Crippen molar-refractivity contribution >= 4 is 40.0 Å². The normalized spacial score (nSPS) is 20.4. The van der Waals surface area contributed by atoms with Gasteiger partial charge in [0.2, 0.25) is 11.8 Å². The summed E-state index contributed by atoms with van der Waals surface area (Å²) in [5, 5.41) is 5.27. The predicted octanol–water partition coefficient (Wildman–Crippen LogP) is 3.76. The summed E-state index contributed by atoms with van der Waals surface area (Å²) in [5.74, 6) is 3.03. The molecule has 2 aromatic rings. The predicted molar refractivity (Wildman–Crippen MR) is 124 cm³/mol. The van der Waals surface area contributed by atoms with Gasteiger partial charge in [-0.1, -0.05) is 13.8 Å². The third-order valence-electron chi connectivity index (χ3n) is 5.27. The van der Waals surface area contributed by atoms with Crippen molar-refractivity contribution in [2.24, 2.45) is 11.8 Å².